The summed E-state index contributed by atoms with van der Waals surface area (Å²) >= 11 is 0. The monoisotopic (exact) mass is 551 g/mol. The van der Waals surface area contributed by atoms with Crippen molar-refractivity contribution in [1.29, 1.82) is 0 Å². The van der Waals surface area contributed by atoms with Crippen molar-refractivity contribution in [1.82, 2.24) is 15.5 Å². The van der Waals surface area contributed by atoms with Crippen LogP contribution in [0.4, 0.5) is 22.4 Å². The molecule has 8 nitrogen and oxygen atoms in total. The van der Waals surface area contributed by atoms with E-state index in [1.165, 1.54) is 30.3 Å². The Morgan fingerprint density at radius 1 is 1.13 bits per heavy atom. The molecule has 0 aliphatic carbocycles. The van der Waals surface area contributed by atoms with Crippen molar-refractivity contribution in [3.8, 4) is 11.5 Å². The van der Waals surface area contributed by atoms with Crippen molar-refractivity contribution in [2.24, 2.45) is 0 Å². The van der Waals surface area contributed by atoms with E-state index in [1.54, 1.807) is 17.0 Å². The van der Waals surface area contributed by atoms with Gasteiger partial charge in [-0.2, -0.15) is 0 Å². The third kappa shape index (κ3) is 6.21. The minimum Gasteiger partial charge on any atom is -0.488 e. The molecule has 3 amide bonds. The first-order valence-corrected chi connectivity index (χ1v) is 12.8. The second-order valence-electron chi connectivity index (χ2n) is 10.0. The van der Waals surface area contributed by atoms with Crippen LogP contribution >= 0.6 is 0 Å². The van der Waals surface area contributed by atoms with E-state index in [9.17, 15) is 27.2 Å². The molecule has 5 rings (SSSR count). The lowest BCUT2D eigenvalue weighted by Gasteiger charge is -2.50. The molecule has 2 N–H and O–H groups in total. The highest BCUT2D eigenvalue weighted by Crippen LogP contribution is 2.42. The predicted molar refractivity (Wildman–Crippen MR) is 131 cm³/mol. The Labute approximate surface area is 222 Å². The van der Waals surface area contributed by atoms with Crippen LogP contribution in [0.25, 0.3) is 0 Å². The summed E-state index contributed by atoms with van der Waals surface area (Å²) in [4.78, 5) is 27.1. The number of nitrogens with zero attached hydrogens (tertiary/aromatic N) is 1. The van der Waals surface area contributed by atoms with Gasteiger partial charge in [0.25, 0.3) is 0 Å². The zero-order valence-corrected chi connectivity index (χ0v) is 21.1. The number of hydrogen-bond donors (Lipinski definition) is 2. The Kier molecular flexibility index (Phi) is 7.57. The zero-order chi connectivity index (χ0) is 27.6. The Morgan fingerprint density at radius 3 is 2.62 bits per heavy atom. The van der Waals surface area contributed by atoms with E-state index in [0.29, 0.717) is 44.8 Å². The topological polar surface area (TPSA) is 89.1 Å². The summed E-state index contributed by atoms with van der Waals surface area (Å²) in [5.41, 5.74) is 0.157. The summed E-state index contributed by atoms with van der Waals surface area (Å²) < 4.78 is 68.2. The summed E-state index contributed by atoms with van der Waals surface area (Å²) in [5.74, 6) is -1.07. The van der Waals surface area contributed by atoms with Gasteiger partial charge >= 0.3 is 12.4 Å². The second kappa shape index (κ2) is 10.9. The van der Waals surface area contributed by atoms with Gasteiger partial charge in [-0.3, -0.25) is 4.79 Å². The number of benzene rings is 2. The first kappa shape index (κ1) is 27.0. The first-order chi connectivity index (χ1) is 18.6. The number of rotatable bonds is 6. The van der Waals surface area contributed by atoms with Crippen LogP contribution in [0, 0.1) is 5.82 Å². The number of likely N-dealkylation sites (tertiary alicyclic amines) is 1. The van der Waals surface area contributed by atoms with Gasteiger partial charge in [0.1, 0.15) is 23.4 Å². The molecular weight excluding hydrogens is 522 g/mol. The Balaban J connectivity index is 1.32. The fraction of sp³-hybridized carbons (Fsp3) is 0.481. The fourth-order valence-corrected chi connectivity index (χ4v) is 5.62. The maximum Gasteiger partial charge on any atom is 0.573 e. The average molecular weight is 552 g/mol. The van der Waals surface area contributed by atoms with Crippen LogP contribution in [0.15, 0.2) is 42.5 Å². The molecule has 2 aromatic rings. The number of urea groups is 1. The van der Waals surface area contributed by atoms with Crippen LogP contribution < -0.4 is 20.1 Å². The molecule has 39 heavy (non-hydrogen) atoms. The van der Waals surface area contributed by atoms with Gasteiger partial charge in [-0.1, -0.05) is 24.3 Å². The van der Waals surface area contributed by atoms with E-state index in [0.717, 1.165) is 5.56 Å². The number of alkyl halides is 3. The second-order valence-corrected chi connectivity index (χ2v) is 10.0. The van der Waals surface area contributed by atoms with Gasteiger partial charge in [-0.15, -0.1) is 13.2 Å². The number of carbonyl (C=O) groups is 2. The minimum atomic E-state index is -4.87. The molecule has 0 bridgehead atoms. The normalized spacial score (nSPS) is 22.8. The smallest absolute Gasteiger partial charge is 0.488 e. The molecule has 3 heterocycles. The molecule has 210 valence electrons. The van der Waals surface area contributed by atoms with E-state index in [2.05, 4.69) is 15.4 Å². The van der Waals surface area contributed by atoms with Crippen molar-refractivity contribution in [2.75, 3.05) is 32.8 Å². The summed E-state index contributed by atoms with van der Waals surface area (Å²) in [6.07, 6.45) is -3.82. The summed E-state index contributed by atoms with van der Waals surface area (Å²) in [6.45, 7) is 1.84. The lowest BCUT2D eigenvalue weighted by atomic mass is 9.71. The Hall–Kier alpha value is -3.54. The third-order valence-electron chi connectivity index (χ3n) is 7.58. The average Bonchev–Trinajstić information content (AvgIpc) is 3.39. The molecule has 3 saturated heterocycles. The van der Waals surface area contributed by atoms with Crippen molar-refractivity contribution < 1.29 is 41.4 Å². The predicted octanol–water partition coefficient (Wildman–Crippen LogP) is 3.89. The van der Waals surface area contributed by atoms with Gasteiger partial charge < -0.3 is 29.7 Å². The lowest BCUT2D eigenvalue weighted by Crippen LogP contribution is -2.66. The number of piperidine rings is 1. The van der Waals surface area contributed by atoms with Crippen molar-refractivity contribution in [3.63, 3.8) is 0 Å². The van der Waals surface area contributed by atoms with Crippen LogP contribution in [0.3, 0.4) is 0 Å². The molecule has 3 fully saturated rings. The minimum absolute atomic E-state index is 0.136. The highest BCUT2D eigenvalue weighted by molar-refractivity contribution is 5.80. The molecule has 12 heteroatoms. The van der Waals surface area contributed by atoms with Crippen molar-refractivity contribution >= 4 is 11.9 Å². The number of ether oxygens (including phenoxy) is 3. The Morgan fingerprint density at radius 2 is 1.90 bits per heavy atom. The number of carbonyl (C=O) groups excluding carboxylic acids is 2. The number of hydrogen-bond acceptors (Lipinski definition) is 5. The van der Waals surface area contributed by atoms with Gasteiger partial charge in [0, 0.05) is 49.2 Å². The molecule has 3 aliphatic heterocycles. The number of amides is 3. The summed E-state index contributed by atoms with van der Waals surface area (Å²) in [6, 6.07) is 9.60. The van der Waals surface area contributed by atoms with Crippen LogP contribution in [0.2, 0.25) is 0 Å². The largest absolute Gasteiger partial charge is 0.573 e. The molecule has 0 saturated carbocycles. The molecule has 1 spiro atoms. The van der Waals surface area contributed by atoms with Crippen LogP contribution in [0.1, 0.15) is 36.3 Å². The summed E-state index contributed by atoms with van der Waals surface area (Å²) in [7, 11) is 0. The third-order valence-corrected chi connectivity index (χ3v) is 7.58. The van der Waals surface area contributed by atoms with Crippen LogP contribution in [0.5, 0.6) is 11.5 Å². The van der Waals surface area contributed by atoms with Crippen molar-refractivity contribution in [2.45, 2.75) is 49.6 Å². The first-order valence-electron chi connectivity index (χ1n) is 12.8. The molecular formula is C27H29F4N3O5. The quantitative estimate of drug-likeness (QED) is 0.532. The number of nitrogens with one attached hydrogen (secondary N) is 2. The number of para-hydroxylation sites is 1. The lowest BCUT2D eigenvalue weighted by molar-refractivity contribution is -0.274. The molecule has 0 unspecified atom stereocenters. The van der Waals surface area contributed by atoms with E-state index in [4.69, 9.17) is 9.47 Å². The van der Waals surface area contributed by atoms with E-state index >= 15 is 0 Å². The van der Waals surface area contributed by atoms with Crippen LogP contribution in [-0.2, 0) is 16.0 Å². The van der Waals surface area contributed by atoms with Gasteiger partial charge in [-0.05, 0) is 25.0 Å². The van der Waals surface area contributed by atoms with Gasteiger partial charge in [0.2, 0.25) is 5.91 Å². The molecule has 0 aromatic heterocycles. The van der Waals surface area contributed by atoms with Gasteiger partial charge in [0.15, 0.2) is 0 Å². The van der Waals surface area contributed by atoms with Gasteiger partial charge in [-0.25, -0.2) is 9.18 Å². The highest BCUT2D eigenvalue weighted by Gasteiger charge is 2.47. The SMILES string of the molecule is O=C1NC[C@@H](c2ccc(F)cc2O[C@H]2CCOC2)C2(CCN(C(=O)Cc3ccccc3OC(F)(F)F)CC2)N1. The van der Waals surface area contributed by atoms with E-state index in [1.807, 2.05) is 0 Å². The fourth-order valence-electron chi connectivity index (χ4n) is 5.62. The van der Waals surface area contributed by atoms with E-state index < -0.39 is 23.5 Å². The molecule has 3 aliphatic rings. The van der Waals surface area contributed by atoms with E-state index in [-0.39, 0.29) is 49.0 Å². The maximum atomic E-state index is 14.2. The van der Waals surface area contributed by atoms with Crippen molar-refractivity contribution in [3.05, 3.63) is 59.4 Å². The summed E-state index contributed by atoms with van der Waals surface area (Å²) in [5, 5.41) is 5.87. The zero-order valence-electron chi connectivity index (χ0n) is 21.1. The highest BCUT2D eigenvalue weighted by atomic mass is 19.4. The molecule has 2 aromatic carbocycles. The van der Waals surface area contributed by atoms with Crippen LogP contribution in [-0.4, -0.2) is 67.7 Å². The maximum absolute atomic E-state index is 14.2. The molecule has 2 atom stereocenters. The van der Waals surface area contributed by atoms with Gasteiger partial charge in [0.05, 0.1) is 25.2 Å². The molecule has 0 radical (unpaired) electrons. The Bertz CT molecular complexity index is 1210. The number of halogens is 4. The standard InChI is InChI=1S/C27H29F4N3O5/c28-18-5-6-20(23(14-18)38-19-7-12-37-16-19)21-15-32-25(36)33-26(21)8-10-34(11-9-26)24(35)13-17-3-1-2-4-22(17)39-27(29,30)31/h1-6,14,19,21H,7-13,15-16H2,(H2,32,33,36)/t19-,21-/m0/s1.